The van der Waals surface area contributed by atoms with Crippen molar-refractivity contribution in [2.45, 2.75) is 6.92 Å². The van der Waals surface area contributed by atoms with Crippen LogP contribution in [0.25, 0.3) is 22.6 Å². The van der Waals surface area contributed by atoms with E-state index >= 15 is 0 Å². The second-order valence-electron chi connectivity index (χ2n) is 3.80. The van der Waals surface area contributed by atoms with Gasteiger partial charge in [0.25, 0.3) is 0 Å². The van der Waals surface area contributed by atoms with E-state index < -0.39 is 0 Å². The lowest BCUT2D eigenvalue weighted by Gasteiger charge is -2.04. The van der Waals surface area contributed by atoms with Crippen LogP contribution < -0.4 is 0 Å². The minimum Gasteiger partial charge on any atom is -0.421 e. The molecule has 0 saturated carbocycles. The van der Waals surface area contributed by atoms with Gasteiger partial charge in [0.15, 0.2) is 0 Å². The fourth-order valence-electron chi connectivity index (χ4n) is 1.76. The molecule has 5 nitrogen and oxygen atoms in total. The molecule has 0 aliphatic rings. The van der Waals surface area contributed by atoms with Crippen molar-refractivity contribution in [1.29, 1.82) is 0 Å². The van der Waals surface area contributed by atoms with E-state index in [9.17, 15) is 0 Å². The van der Waals surface area contributed by atoms with Crippen LogP contribution >= 0.6 is 0 Å². The van der Waals surface area contributed by atoms with Gasteiger partial charge in [0.1, 0.15) is 6.33 Å². The Morgan fingerprint density at radius 1 is 0.944 bits per heavy atom. The highest BCUT2D eigenvalue weighted by atomic mass is 16.4. The first-order valence-electron chi connectivity index (χ1n) is 5.49. The highest BCUT2D eigenvalue weighted by Gasteiger charge is 2.12. The summed E-state index contributed by atoms with van der Waals surface area (Å²) < 4.78 is 5.47. The molecule has 0 atom stereocenters. The molecule has 3 aromatic rings. The van der Waals surface area contributed by atoms with Gasteiger partial charge in [0.05, 0.1) is 0 Å². The molecule has 88 valence electrons. The van der Waals surface area contributed by atoms with Crippen molar-refractivity contribution in [2.24, 2.45) is 0 Å². The number of nitrogens with zero attached hydrogens (tertiary/aromatic N) is 4. The van der Waals surface area contributed by atoms with Crippen LogP contribution in [0.5, 0.6) is 0 Å². The predicted molar refractivity (Wildman–Crippen MR) is 65.5 cm³/mol. The summed E-state index contributed by atoms with van der Waals surface area (Å²) >= 11 is 0. The van der Waals surface area contributed by atoms with Gasteiger partial charge < -0.3 is 4.42 Å². The molecule has 0 aliphatic heterocycles. The Morgan fingerprint density at radius 2 is 1.67 bits per heavy atom. The third-order valence-electron chi connectivity index (χ3n) is 2.56. The van der Waals surface area contributed by atoms with E-state index in [0.717, 1.165) is 16.7 Å². The zero-order valence-corrected chi connectivity index (χ0v) is 9.74. The predicted octanol–water partition coefficient (Wildman–Crippen LogP) is 2.50. The molecular weight excluding hydrogens is 228 g/mol. The summed E-state index contributed by atoms with van der Waals surface area (Å²) in [7, 11) is 0. The van der Waals surface area contributed by atoms with Gasteiger partial charge in [-0.15, -0.1) is 10.2 Å². The molecule has 0 N–H and O–H groups in total. The lowest BCUT2D eigenvalue weighted by Crippen LogP contribution is -1.87. The summed E-state index contributed by atoms with van der Waals surface area (Å²) in [4.78, 5) is 8.05. The minimum absolute atomic E-state index is 0.506. The Hall–Kier alpha value is -2.56. The Balaban J connectivity index is 2.17. The first-order chi connectivity index (χ1) is 8.84. The number of rotatable bonds is 2. The normalized spacial score (nSPS) is 10.5. The van der Waals surface area contributed by atoms with E-state index in [-0.39, 0.29) is 0 Å². The molecule has 2 aromatic heterocycles. The topological polar surface area (TPSA) is 64.7 Å². The molecule has 0 radical (unpaired) electrons. The van der Waals surface area contributed by atoms with Crippen molar-refractivity contribution in [3.63, 3.8) is 0 Å². The zero-order chi connectivity index (χ0) is 12.4. The maximum Gasteiger partial charge on any atom is 0.248 e. The number of aromatic nitrogens is 4. The molecule has 0 bridgehead atoms. The quantitative estimate of drug-likeness (QED) is 0.686. The van der Waals surface area contributed by atoms with Crippen molar-refractivity contribution in [3.8, 4) is 22.6 Å². The third-order valence-corrected chi connectivity index (χ3v) is 2.56. The van der Waals surface area contributed by atoms with Crippen LogP contribution in [-0.4, -0.2) is 20.2 Å². The van der Waals surface area contributed by atoms with E-state index in [1.807, 2.05) is 24.3 Å². The molecule has 0 amide bonds. The van der Waals surface area contributed by atoms with Gasteiger partial charge in [0.2, 0.25) is 11.8 Å². The zero-order valence-electron chi connectivity index (χ0n) is 9.74. The Kier molecular flexibility index (Phi) is 2.57. The van der Waals surface area contributed by atoms with Gasteiger partial charge in [-0.2, -0.15) is 0 Å². The largest absolute Gasteiger partial charge is 0.421 e. The van der Waals surface area contributed by atoms with Crippen molar-refractivity contribution in [1.82, 2.24) is 20.2 Å². The molecule has 3 rings (SSSR count). The Morgan fingerprint density at radius 3 is 2.33 bits per heavy atom. The summed E-state index contributed by atoms with van der Waals surface area (Å²) in [6.45, 7) is 1.77. The Labute approximate surface area is 104 Å². The molecule has 1 aromatic carbocycles. The molecule has 18 heavy (non-hydrogen) atoms. The van der Waals surface area contributed by atoms with E-state index in [1.54, 1.807) is 19.3 Å². The summed E-state index contributed by atoms with van der Waals surface area (Å²) in [5.41, 5.74) is 2.78. The first-order valence-corrected chi connectivity index (χ1v) is 5.49. The van der Waals surface area contributed by atoms with E-state index in [2.05, 4.69) is 20.2 Å². The van der Waals surface area contributed by atoms with E-state index in [4.69, 9.17) is 4.42 Å². The van der Waals surface area contributed by atoms with Crippen LogP contribution in [-0.2, 0) is 0 Å². The molecule has 0 saturated heterocycles. The molecule has 0 aliphatic carbocycles. The van der Waals surface area contributed by atoms with Gasteiger partial charge in [-0.25, -0.2) is 9.97 Å². The average molecular weight is 238 g/mol. The minimum atomic E-state index is 0.506. The molecule has 0 unspecified atom stereocenters. The summed E-state index contributed by atoms with van der Waals surface area (Å²) in [5, 5.41) is 7.89. The lowest BCUT2D eigenvalue weighted by atomic mass is 10.0. The van der Waals surface area contributed by atoms with Crippen LogP contribution in [0.1, 0.15) is 5.89 Å². The van der Waals surface area contributed by atoms with Crippen molar-refractivity contribution < 1.29 is 4.42 Å². The van der Waals surface area contributed by atoms with Crippen molar-refractivity contribution in [3.05, 3.63) is 48.9 Å². The van der Waals surface area contributed by atoms with Crippen molar-refractivity contribution >= 4 is 0 Å². The SMILES string of the molecule is Cc1nnc(-c2ccccc2-c2cncnc2)o1. The fourth-order valence-corrected chi connectivity index (χ4v) is 1.76. The van der Waals surface area contributed by atoms with Crippen LogP contribution in [0.3, 0.4) is 0 Å². The highest BCUT2D eigenvalue weighted by Crippen LogP contribution is 2.30. The third kappa shape index (κ3) is 1.86. The average Bonchev–Trinajstić information content (AvgIpc) is 2.86. The maximum absolute atomic E-state index is 5.47. The second kappa shape index (κ2) is 4.37. The fraction of sp³-hybridized carbons (Fsp3) is 0.0769. The first kappa shape index (κ1) is 10.6. The van der Waals surface area contributed by atoms with E-state index in [0.29, 0.717) is 11.8 Å². The molecule has 0 fully saturated rings. The summed E-state index contributed by atoms with van der Waals surface area (Å²) in [5.74, 6) is 1.05. The van der Waals surface area contributed by atoms with Gasteiger partial charge in [-0.05, 0) is 11.6 Å². The van der Waals surface area contributed by atoms with Crippen LogP contribution in [0.2, 0.25) is 0 Å². The number of hydrogen-bond donors (Lipinski definition) is 0. The number of hydrogen-bond acceptors (Lipinski definition) is 5. The summed E-state index contributed by atoms with van der Waals surface area (Å²) in [6.07, 6.45) is 5.02. The second-order valence-corrected chi connectivity index (χ2v) is 3.80. The van der Waals surface area contributed by atoms with Crippen LogP contribution in [0.4, 0.5) is 0 Å². The number of aryl methyl sites for hydroxylation is 1. The smallest absolute Gasteiger partial charge is 0.248 e. The molecule has 0 spiro atoms. The van der Waals surface area contributed by atoms with Crippen molar-refractivity contribution in [2.75, 3.05) is 0 Å². The number of benzene rings is 1. The monoisotopic (exact) mass is 238 g/mol. The standard InChI is InChI=1S/C13H10N4O/c1-9-16-17-13(18-9)12-5-3-2-4-11(12)10-6-14-8-15-7-10/h2-8H,1H3. The van der Waals surface area contributed by atoms with Crippen LogP contribution in [0.15, 0.2) is 47.4 Å². The maximum atomic E-state index is 5.47. The highest BCUT2D eigenvalue weighted by molar-refractivity contribution is 5.78. The summed E-state index contributed by atoms with van der Waals surface area (Å²) in [6, 6.07) is 7.81. The van der Waals surface area contributed by atoms with Gasteiger partial charge in [-0.3, -0.25) is 0 Å². The Bertz CT molecular complexity index is 664. The molecule has 5 heteroatoms. The van der Waals surface area contributed by atoms with Gasteiger partial charge in [0, 0.05) is 30.4 Å². The molecular formula is C13H10N4O. The lowest BCUT2D eigenvalue weighted by molar-refractivity contribution is 0.533. The van der Waals surface area contributed by atoms with E-state index in [1.165, 1.54) is 6.33 Å². The van der Waals surface area contributed by atoms with Gasteiger partial charge >= 0.3 is 0 Å². The molecule has 2 heterocycles. The van der Waals surface area contributed by atoms with Gasteiger partial charge in [-0.1, -0.05) is 18.2 Å². The van der Waals surface area contributed by atoms with Crippen LogP contribution in [0, 0.1) is 6.92 Å².